The highest BCUT2D eigenvalue weighted by Crippen LogP contribution is 2.23. The first kappa shape index (κ1) is 19.8. The van der Waals surface area contributed by atoms with E-state index in [1.807, 2.05) is 55.5 Å². The third-order valence-corrected chi connectivity index (χ3v) is 5.23. The van der Waals surface area contributed by atoms with Crippen molar-refractivity contribution in [1.29, 1.82) is 0 Å². The first-order valence-electron chi connectivity index (χ1n) is 8.75. The third-order valence-electron chi connectivity index (χ3n) is 4.30. The van der Waals surface area contributed by atoms with Crippen molar-refractivity contribution >= 4 is 17.7 Å². The molecule has 0 bridgehead atoms. The minimum Gasteiger partial charge on any atom is -0.497 e. The highest BCUT2D eigenvalue weighted by Gasteiger charge is 2.16. The van der Waals surface area contributed by atoms with Crippen LogP contribution in [0.5, 0.6) is 5.75 Å². The first-order chi connectivity index (χ1) is 13.5. The number of ether oxygens (including phenoxy) is 1. The summed E-state index contributed by atoms with van der Waals surface area (Å²) in [5.74, 6) is 7.64. The number of carbonyl (C=O) groups excluding carboxylic acids is 1. The van der Waals surface area contributed by atoms with Gasteiger partial charge in [-0.3, -0.25) is 4.79 Å². The van der Waals surface area contributed by atoms with Gasteiger partial charge < -0.3 is 15.5 Å². The van der Waals surface area contributed by atoms with Crippen molar-refractivity contribution in [2.45, 2.75) is 18.6 Å². The van der Waals surface area contributed by atoms with E-state index in [4.69, 9.17) is 10.6 Å². The van der Waals surface area contributed by atoms with E-state index >= 15 is 0 Å². The summed E-state index contributed by atoms with van der Waals surface area (Å²) in [7, 11) is 3.40. The number of aryl methyl sites for hydroxylation is 1. The fraction of sp³-hybridized carbons (Fsp3) is 0.250. The number of benzene rings is 2. The zero-order valence-corrected chi connectivity index (χ0v) is 16.9. The number of nitrogens with two attached hydrogens (primary N) is 1. The molecule has 0 aliphatic heterocycles. The third kappa shape index (κ3) is 4.64. The number of hydrogen-bond donors (Lipinski definition) is 1. The molecule has 0 aliphatic rings. The minimum absolute atomic E-state index is 0.000396. The van der Waals surface area contributed by atoms with Gasteiger partial charge in [0.05, 0.1) is 12.9 Å². The van der Waals surface area contributed by atoms with E-state index in [0.717, 1.165) is 16.9 Å². The fourth-order valence-corrected chi connectivity index (χ4v) is 3.40. The van der Waals surface area contributed by atoms with E-state index in [2.05, 4.69) is 10.2 Å². The maximum Gasteiger partial charge on any atom is 0.233 e. The molecule has 28 heavy (non-hydrogen) atoms. The largest absolute Gasteiger partial charge is 0.497 e. The second kappa shape index (κ2) is 8.79. The standard InChI is InChI=1S/C20H23N5O2S/c1-14-4-6-15(7-5-14)12-24(2)18(26)13-28-20-23-22-19(25(20)21)16-8-10-17(27-3)11-9-16/h4-11H,12-13,21H2,1-3H3. The van der Waals surface area contributed by atoms with E-state index in [9.17, 15) is 4.79 Å². The van der Waals surface area contributed by atoms with E-state index in [0.29, 0.717) is 17.5 Å². The molecule has 1 aromatic heterocycles. The molecule has 1 heterocycles. The quantitative estimate of drug-likeness (QED) is 0.487. The van der Waals surface area contributed by atoms with E-state index in [1.54, 1.807) is 19.1 Å². The van der Waals surface area contributed by atoms with E-state index in [1.165, 1.54) is 22.0 Å². The van der Waals surface area contributed by atoms with Crippen molar-refractivity contribution in [2.24, 2.45) is 0 Å². The Morgan fingerprint density at radius 2 is 1.82 bits per heavy atom. The number of nitrogen functional groups attached to an aromatic ring is 1. The summed E-state index contributed by atoms with van der Waals surface area (Å²) in [6.07, 6.45) is 0. The maximum absolute atomic E-state index is 12.4. The molecule has 1 amide bonds. The van der Waals surface area contributed by atoms with Crippen LogP contribution in [-0.2, 0) is 11.3 Å². The summed E-state index contributed by atoms with van der Waals surface area (Å²) in [6, 6.07) is 15.5. The van der Waals surface area contributed by atoms with Gasteiger partial charge in [0.25, 0.3) is 0 Å². The average molecular weight is 398 g/mol. The van der Waals surface area contributed by atoms with Crippen LogP contribution in [0.25, 0.3) is 11.4 Å². The summed E-state index contributed by atoms with van der Waals surface area (Å²) >= 11 is 1.27. The zero-order valence-electron chi connectivity index (χ0n) is 16.1. The Morgan fingerprint density at radius 3 is 2.46 bits per heavy atom. The van der Waals surface area contributed by atoms with Gasteiger partial charge in [0, 0.05) is 19.2 Å². The SMILES string of the molecule is COc1ccc(-c2nnc(SCC(=O)N(C)Cc3ccc(C)cc3)n2N)cc1. The average Bonchev–Trinajstić information content (AvgIpc) is 3.08. The fourth-order valence-electron chi connectivity index (χ4n) is 2.60. The number of hydrogen-bond acceptors (Lipinski definition) is 6. The molecule has 3 aromatic rings. The lowest BCUT2D eigenvalue weighted by Gasteiger charge is -2.17. The lowest BCUT2D eigenvalue weighted by molar-refractivity contribution is -0.127. The molecule has 0 saturated heterocycles. The molecule has 2 N–H and O–H groups in total. The van der Waals surface area contributed by atoms with Crippen LogP contribution in [0.2, 0.25) is 0 Å². The van der Waals surface area contributed by atoms with Crippen molar-refractivity contribution in [3.05, 3.63) is 59.7 Å². The molecular formula is C20H23N5O2S. The molecule has 0 atom stereocenters. The number of carbonyl (C=O) groups is 1. The molecule has 2 aromatic carbocycles. The van der Waals surface area contributed by atoms with Crippen molar-refractivity contribution in [3.63, 3.8) is 0 Å². The lowest BCUT2D eigenvalue weighted by atomic mass is 10.1. The molecule has 146 valence electrons. The van der Waals surface area contributed by atoms with Gasteiger partial charge >= 0.3 is 0 Å². The lowest BCUT2D eigenvalue weighted by Crippen LogP contribution is -2.28. The van der Waals surface area contributed by atoms with Crippen molar-refractivity contribution in [1.82, 2.24) is 19.8 Å². The molecule has 3 rings (SSSR count). The molecular weight excluding hydrogens is 374 g/mol. The van der Waals surface area contributed by atoms with E-state index < -0.39 is 0 Å². The van der Waals surface area contributed by atoms with Crippen LogP contribution >= 0.6 is 11.8 Å². The minimum atomic E-state index is -0.000396. The van der Waals surface area contributed by atoms with Crippen LogP contribution in [-0.4, -0.2) is 45.6 Å². The smallest absolute Gasteiger partial charge is 0.233 e. The second-order valence-electron chi connectivity index (χ2n) is 6.43. The highest BCUT2D eigenvalue weighted by atomic mass is 32.2. The second-order valence-corrected chi connectivity index (χ2v) is 7.37. The van der Waals surface area contributed by atoms with Crippen molar-refractivity contribution in [3.8, 4) is 17.1 Å². The van der Waals surface area contributed by atoms with Crippen molar-refractivity contribution < 1.29 is 9.53 Å². The Kier molecular flexibility index (Phi) is 6.20. The monoisotopic (exact) mass is 397 g/mol. The predicted octanol–water partition coefficient (Wildman–Crippen LogP) is 2.73. The maximum atomic E-state index is 12.4. The van der Waals surface area contributed by atoms with Gasteiger partial charge in [-0.05, 0) is 36.8 Å². The number of amides is 1. The summed E-state index contributed by atoms with van der Waals surface area (Å²) < 4.78 is 6.56. The summed E-state index contributed by atoms with van der Waals surface area (Å²) in [5.41, 5.74) is 3.11. The summed E-state index contributed by atoms with van der Waals surface area (Å²) in [4.78, 5) is 14.1. The molecule has 0 spiro atoms. The Balaban J connectivity index is 1.60. The predicted molar refractivity (Wildman–Crippen MR) is 111 cm³/mol. The van der Waals surface area contributed by atoms with Gasteiger partial charge in [-0.1, -0.05) is 41.6 Å². The molecule has 0 aliphatic carbocycles. The summed E-state index contributed by atoms with van der Waals surface area (Å²) in [5, 5.41) is 8.74. The van der Waals surface area contributed by atoms with Crippen LogP contribution in [0.4, 0.5) is 0 Å². The first-order valence-corrected chi connectivity index (χ1v) is 9.73. The van der Waals surface area contributed by atoms with Crippen molar-refractivity contribution in [2.75, 3.05) is 25.8 Å². The Hall–Kier alpha value is -3.00. The van der Waals surface area contributed by atoms with Crippen LogP contribution in [0.3, 0.4) is 0 Å². The van der Waals surface area contributed by atoms with Crippen LogP contribution < -0.4 is 10.6 Å². The van der Waals surface area contributed by atoms with Crippen LogP contribution in [0.1, 0.15) is 11.1 Å². The number of nitrogens with zero attached hydrogens (tertiary/aromatic N) is 4. The zero-order chi connectivity index (χ0) is 20.1. The van der Waals surface area contributed by atoms with Gasteiger partial charge in [-0.15, -0.1) is 10.2 Å². The van der Waals surface area contributed by atoms with Gasteiger partial charge in [-0.2, -0.15) is 0 Å². The molecule has 8 heteroatoms. The van der Waals surface area contributed by atoms with Crippen LogP contribution in [0.15, 0.2) is 53.7 Å². The molecule has 0 fully saturated rings. The number of rotatable bonds is 7. The summed E-state index contributed by atoms with van der Waals surface area (Å²) in [6.45, 7) is 2.60. The molecule has 7 nitrogen and oxygen atoms in total. The van der Waals surface area contributed by atoms with E-state index in [-0.39, 0.29) is 11.7 Å². The number of methoxy groups -OCH3 is 1. The van der Waals surface area contributed by atoms with Gasteiger partial charge in [0.2, 0.25) is 11.1 Å². The Labute approximate surface area is 168 Å². The number of aromatic nitrogens is 3. The normalized spacial score (nSPS) is 10.7. The Bertz CT molecular complexity index is 938. The van der Waals surface area contributed by atoms with Gasteiger partial charge in [0.15, 0.2) is 5.82 Å². The molecule has 0 radical (unpaired) electrons. The van der Waals surface area contributed by atoms with Gasteiger partial charge in [-0.25, -0.2) is 4.68 Å². The topological polar surface area (TPSA) is 86.3 Å². The molecule has 0 saturated carbocycles. The Morgan fingerprint density at radius 1 is 1.14 bits per heavy atom. The number of thioether (sulfide) groups is 1. The van der Waals surface area contributed by atoms with Crippen LogP contribution in [0, 0.1) is 6.92 Å². The van der Waals surface area contributed by atoms with Gasteiger partial charge in [0.1, 0.15) is 5.75 Å². The highest BCUT2D eigenvalue weighted by molar-refractivity contribution is 7.99. The molecule has 0 unspecified atom stereocenters.